The largest absolute Gasteiger partial charge is 0.305 e. The van der Waals surface area contributed by atoms with Crippen LogP contribution >= 0.6 is 0 Å². The monoisotopic (exact) mass is 288 g/mol. The first-order valence-electron chi connectivity index (χ1n) is 7.46. The third-order valence-corrected chi connectivity index (χ3v) is 4.31. The Morgan fingerprint density at radius 1 is 1.24 bits per heavy atom. The van der Waals surface area contributed by atoms with Crippen LogP contribution in [0, 0.1) is 11.3 Å². The predicted octanol–water partition coefficient (Wildman–Crippen LogP) is 2.59. The Morgan fingerprint density at radius 3 is 2.43 bits per heavy atom. The van der Waals surface area contributed by atoms with Crippen molar-refractivity contribution in [3.8, 4) is 0 Å². The molecular weight excluding hydrogens is 264 g/mol. The van der Waals surface area contributed by atoms with Crippen molar-refractivity contribution in [2.45, 2.75) is 40.2 Å². The summed E-state index contributed by atoms with van der Waals surface area (Å²) < 4.78 is 0. The third-order valence-electron chi connectivity index (χ3n) is 4.31. The van der Waals surface area contributed by atoms with E-state index in [1.165, 1.54) is 4.90 Å². The van der Waals surface area contributed by atoms with Crippen LogP contribution in [0.3, 0.4) is 0 Å². The van der Waals surface area contributed by atoms with Crippen molar-refractivity contribution in [3.63, 3.8) is 0 Å². The summed E-state index contributed by atoms with van der Waals surface area (Å²) in [4.78, 5) is 25.8. The van der Waals surface area contributed by atoms with E-state index in [9.17, 15) is 9.59 Å². The minimum Gasteiger partial charge on any atom is -0.305 e. The second-order valence-corrected chi connectivity index (χ2v) is 6.83. The number of amides is 2. The van der Waals surface area contributed by atoms with Gasteiger partial charge in [0.25, 0.3) is 5.91 Å². The number of nitrogens with one attached hydrogen (secondary N) is 1. The zero-order valence-corrected chi connectivity index (χ0v) is 13.2. The molecule has 1 heterocycles. The van der Waals surface area contributed by atoms with Crippen molar-refractivity contribution in [2.75, 3.05) is 11.4 Å². The van der Waals surface area contributed by atoms with Crippen LogP contribution in [0.1, 0.15) is 34.1 Å². The van der Waals surface area contributed by atoms with E-state index in [0.29, 0.717) is 11.6 Å². The molecule has 1 fully saturated rings. The fourth-order valence-corrected chi connectivity index (χ4v) is 2.26. The number of hydrogen-bond donors (Lipinski definition) is 1. The summed E-state index contributed by atoms with van der Waals surface area (Å²) in [5, 5.41) is 3.26. The maximum Gasteiger partial charge on any atom is 0.251 e. The van der Waals surface area contributed by atoms with Gasteiger partial charge in [0.1, 0.15) is 0 Å². The third kappa shape index (κ3) is 3.50. The van der Waals surface area contributed by atoms with E-state index in [4.69, 9.17) is 0 Å². The molecule has 114 valence electrons. The fourth-order valence-electron chi connectivity index (χ4n) is 2.26. The molecule has 1 aromatic carbocycles. The number of hydrogen-bond acceptors (Lipinski definition) is 3. The minimum absolute atomic E-state index is 0.132. The van der Waals surface area contributed by atoms with Gasteiger partial charge in [-0.05, 0) is 30.0 Å². The molecule has 2 amide bonds. The molecule has 2 atom stereocenters. The highest BCUT2D eigenvalue weighted by Crippen LogP contribution is 2.26. The van der Waals surface area contributed by atoms with Crippen LogP contribution < -0.4 is 10.2 Å². The molecule has 2 unspecified atom stereocenters. The average molecular weight is 288 g/mol. The first-order valence-corrected chi connectivity index (χ1v) is 7.46. The summed E-state index contributed by atoms with van der Waals surface area (Å²) in [7, 11) is 0. The number of carbonyl (C=O) groups is 2. The topological polar surface area (TPSA) is 49.4 Å². The van der Waals surface area contributed by atoms with E-state index in [-0.39, 0.29) is 23.7 Å². The highest BCUT2D eigenvalue weighted by molar-refractivity contribution is 6.22. The van der Waals surface area contributed by atoms with E-state index in [2.05, 4.69) is 33.0 Å². The normalized spacial score (nSPS) is 21.0. The molecule has 0 radical (unpaired) electrons. The second-order valence-electron chi connectivity index (χ2n) is 6.83. The molecule has 1 aliphatic heterocycles. The van der Waals surface area contributed by atoms with Gasteiger partial charge in [-0.25, -0.2) is 4.90 Å². The maximum atomic E-state index is 12.4. The smallest absolute Gasteiger partial charge is 0.251 e. The Labute approximate surface area is 126 Å². The lowest BCUT2D eigenvalue weighted by molar-refractivity contribution is -0.121. The van der Waals surface area contributed by atoms with Gasteiger partial charge in [0.2, 0.25) is 5.91 Å². The van der Waals surface area contributed by atoms with Crippen molar-refractivity contribution >= 4 is 17.5 Å². The molecule has 1 aliphatic rings. The Bertz CT molecular complexity index is 519. The van der Waals surface area contributed by atoms with Gasteiger partial charge in [0.15, 0.2) is 0 Å². The molecule has 1 N–H and O–H groups in total. The first-order chi connectivity index (χ1) is 9.80. The molecule has 1 aromatic rings. The van der Waals surface area contributed by atoms with Crippen LogP contribution in [0.2, 0.25) is 0 Å². The Balaban J connectivity index is 2.02. The van der Waals surface area contributed by atoms with Crippen LogP contribution in [0.15, 0.2) is 30.3 Å². The van der Waals surface area contributed by atoms with Crippen molar-refractivity contribution in [1.82, 2.24) is 5.32 Å². The Kier molecular flexibility index (Phi) is 4.47. The van der Waals surface area contributed by atoms with E-state index in [0.717, 1.165) is 6.54 Å². The fraction of sp³-hybridized carbons (Fsp3) is 0.529. The summed E-state index contributed by atoms with van der Waals surface area (Å²) in [6, 6.07) is 8.71. The standard InChI is InChI=1S/C17H24N2O2/c1-12(17(2,3)4)11-18-14-10-15(20)19(16(14)21)13-8-6-5-7-9-13/h5-9,12,14,18H,10-11H2,1-4H3. The number of para-hydroxylation sites is 1. The zero-order chi connectivity index (χ0) is 15.6. The summed E-state index contributed by atoms with van der Waals surface area (Å²) in [6.45, 7) is 9.42. The number of benzene rings is 1. The van der Waals surface area contributed by atoms with Crippen LogP contribution in [0.5, 0.6) is 0 Å². The highest BCUT2D eigenvalue weighted by atomic mass is 16.2. The van der Waals surface area contributed by atoms with Gasteiger partial charge in [0.05, 0.1) is 18.2 Å². The van der Waals surface area contributed by atoms with Crippen molar-refractivity contribution in [1.29, 1.82) is 0 Å². The number of imide groups is 1. The molecule has 0 aliphatic carbocycles. The van der Waals surface area contributed by atoms with Gasteiger partial charge in [-0.15, -0.1) is 0 Å². The van der Waals surface area contributed by atoms with Crippen LogP contribution in [-0.2, 0) is 9.59 Å². The molecular formula is C17H24N2O2. The van der Waals surface area contributed by atoms with Crippen molar-refractivity contribution in [3.05, 3.63) is 30.3 Å². The van der Waals surface area contributed by atoms with Crippen LogP contribution in [0.25, 0.3) is 0 Å². The van der Waals surface area contributed by atoms with Crippen molar-refractivity contribution in [2.24, 2.45) is 11.3 Å². The number of anilines is 1. The lowest BCUT2D eigenvalue weighted by Crippen LogP contribution is -2.42. The molecule has 21 heavy (non-hydrogen) atoms. The molecule has 1 saturated heterocycles. The molecule has 0 spiro atoms. The summed E-state index contributed by atoms with van der Waals surface area (Å²) in [5.41, 5.74) is 0.832. The van der Waals surface area contributed by atoms with Gasteiger partial charge in [-0.1, -0.05) is 45.9 Å². The molecule has 2 rings (SSSR count). The molecule has 0 bridgehead atoms. The van der Waals surface area contributed by atoms with E-state index in [1.807, 2.05) is 18.2 Å². The lowest BCUT2D eigenvalue weighted by Gasteiger charge is -2.28. The minimum atomic E-state index is -0.400. The molecule has 4 nitrogen and oxygen atoms in total. The molecule has 0 aromatic heterocycles. The SMILES string of the molecule is CC(CNC1CC(=O)N(c2ccccc2)C1=O)C(C)(C)C. The van der Waals surface area contributed by atoms with Gasteiger partial charge < -0.3 is 5.32 Å². The Morgan fingerprint density at radius 2 is 1.86 bits per heavy atom. The lowest BCUT2D eigenvalue weighted by atomic mass is 9.82. The number of rotatable bonds is 4. The summed E-state index contributed by atoms with van der Waals surface area (Å²) >= 11 is 0. The molecule has 0 saturated carbocycles. The van der Waals surface area contributed by atoms with Gasteiger partial charge in [-0.3, -0.25) is 9.59 Å². The van der Waals surface area contributed by atoms with Gasteiger partial charge >= 0.3 is 0 Å². The van der Waals surface area contributed by atoms with E-state index < -0.39 is 6.04 Å². The average Bonchev–Trinajstić information content (AvgIpc) is 2.70. The van der Waals surface area contributed by atoms with E-state index >= 15 is 0 Å². The number of nitrogens with zero attached hydrogens (tertiary/aromatic N) is 1. The first kappa shape index (κ1) is 15.7. The second kappa shape index (κ2) is 5.98. The maximum absolute atomic E-state index is 12.4. The predicted molar refractivity (Wildman–Crippen MR) is 84.0 cm³/mol. The van der Waals surface area contributed by atoms with Crippen LogP contribution in [-0.4, -0.2) is 24.4 Å². The molecule has 4 heteroatoms. The quantitative estimate of drug-likeness (QED) is 0.866. The van der Waals surface area contributed by atoms with Crippen LogP contribution in [0.4, 0.5) is 5.69 Å². The number of carbonyl (C=O) groups excluding carboxylic acids is 2. The van der Waals surface area contributed by atoms with Gasteiger partial charge in [0, 0.05) is 0 Å². The van der Waals surface area contributed by atoms with E-state index in [1.54, 1.807) is 12.1 Å². The van der Waals surface area contributed by atoms with Gasteiger partial charge in [-0.2, -0.15) is 0 Å². The summed E-state index contributed by atoms with van der Waals surface area (Å²) in [5.74, 6) is 0.144. The highest BCUT2D eigenvalue weighted by Gasteiger charge is 2.39. The summed E-state index contributed by atoms with van der Waals surface area (Å²) in [6.07, 6.45) is 0.241. The van der Waals surface area contributed by atoms with Crippen molar-refractivity contribution < 1.29 is 9.59 Å². The zero-order valence-electron chi connectivity index (χ0n) is 13.2. The Hall–Kier alpha value is -1.68.